The number of benzene rings is 3. The highest BCUT2D eigenvalue weighted by Gasteiger charge is 2.26. The number of aromatic nitrogens is 5. The molecule has 0 spiro atoms. The number of nitrogens with two attached hydrogens (primary N) is 1. The largest absolute Gasteiger partial charge is 0.490 e. The zero-order valence-corrected chi connectivity index (χ0v) is 23.7. The molecule has 13 heteroatoms. The zero-order chi connectivity index (χ0) is 28.8. The van der Waals surface area contributed by atoms with Crippen LogP contribution in [0, 0.1) is 6.92 Å². The Hall–Kier alpha value is -5.04. The minimum atomic E-state index is -0.602. The summed E-state index contributed by atoms with van der Waals surface area (Å²) in [5.41, 5.74) is 12.3. The summed E-state index contributed by atoms with van der Waals surface area (Å²) in [5, 5.41) is 19.7. The first-order valence-corrected chi connectivity index (χ1v) is 13.3. The van der Waals surface area contributed by atoms with Crippen molar-refractivity contribution in [1.29, 1.82) is 0 Å². The lowest BCUT2D eigenvalue weighted by Gasteiger charge is -2.15. The van der Waals surface area contributed by atoms with E-state index in [9.17, 15) is 4.79 Å². The average Bonchev–Trinajstić information content (AvgIpc) is 3.60. The predicted octanol–water partition coefficient (Wildman–Crippen LogP) is 4.71. The Balaban J connectivity index is 1.39. The second-order valence-electron chi connectivity index (χ2n) is 8.71. The molecule has 3 aromatic carbocycles. The number of nitrogen functional groups attached to an aromatic ring is 1. The number of aryl methyl sites for hydroxylation is 1. The first-order chi connectivity index (χ1) is 20.0. The van der Waals surface area contributed by atoms with Crippen molar-refractivity contribution in [3.05, 3.63) is 93.6 Å². The van der Waals surface area contributed by atoms with Gasteiger partial charge in [-0.25, -0.2) is 10.1 Å². The highest BCUT2D eigenvalue weighted by Crippen LogP contribution is 2.37. The van der Waals surface area contributed by atoms with Crippen LogP contribution in [-0.4, -0.2) is 44.0 Å². The number of rotatable bonds is 10. The van der Waals surface area contributed by atoms with Crippen molar-refractivity contribution < 1.29 is 18.9 Å². The van der Waals surface area contributed by atoms with Crippen LogP contribution in [0.15, 0.2) is 80.9 Å². The summed E-state index contributed by atoms with van der Waals surface area (Å²) in [6, 6.07) is 20.7. The molecular formula is C28H25BrN8O4. The van der Waals surface area contributed by atoms with Crippen LogP contribution >= 0.6 is 15.9 Å². The van der Waals surface area contributed by atoms with E-state index in [1.807, 2.05) is 62.4 Å². The summed E-state index contributed by atoms with van der Waals surface area (Å²) in [7, 11) is 0. The number of anilines is 1. The number of halogens is 1. The third-order valence-electron chi connectivity index (χ3n) is 5.97. The Morgan fingerprint density at radius 2 is 1.90 bits per heavy atom. The minimum absolute atomic E-state index is 0.0281. The van der Waals surface area contributed by atoms with Crippen molar-refractivity contribution >= 4 is 33.9 Å². The van der Waals surface area contributed by atoms with Gasteiger partial charge in [-0.15, -0.1) is 5.10 Å². The number of carbonyl (C=O) groups excluding carboxylic acids is 1. The van der Waals surface area contributed by atoms with Gasteiger partial charge in [0, 0.05) is 5.56 Å². The number of hydrogen-bond acceptors (Lipinski definition) is 10. The van der Waals surface area contributed by atoms with E-state index in [1.165, 1.54) is 6.21 Å². The highest BCUT2D eigenvalue weighted by molar-refractivity contribution is 9.10. The van der Waals surface area contributed by atoms with Gasteiger partial charge in [0.15, 0.2) is 17.2 Å². The number of ether oxygens (including phenoxy) is 2. The number of amides is 1. The number of carbonyl (C=O) groups is 1. The SMILES string of the molecule is CCOc1cc(/C=N/NC(=O)c2c(-c3ccccc3)nnn2-c2nonc2N)cc(Br)c1OCc1ccccc1C. The average molecular weight is 617 g/mol. The van der Waals surface area contributed by atoms with Gasteiger partial charge in [-0.05, 0) is 68.9 Å². The van der Waals surface area contributed by atoms with Crippen LogP contribution in [0.2, 0.25) is 0 Å². The van der Waals surface area contributed by atoms with Crippen LogP contribution in [-0.2, 0) is 6.61 Å². The maximum atomic E-state index is 13.4. The molecule has 5 rings (SSSR count). The van der Waals surface area contributed by atoms with E-state index < -0.39 is 5.91 Å². The molecule has 0 aliphatic carbocycles. The van der Waals surface area contributed by atoms with E-state index in [4.69, 9.17) is 15.2 Å². The summed E-state index contributed by atoms with van der Waals surface area (Å²) >= 11 is 3.58. The van der Waals surface area contributed by atoms with Gasteiger partial charge < -0.3 is 15.2 Å². The Morgan fingerprint density at radius 3 is 2.63 bits per heavy atom. The molecule has 208 valence electrons. The smallest absolute Gasteiger partial charge is 0.292 e. The Labute approximate surface area is 243 Å². The summed E-state index contributed by atoms with van der Waals surface area (Å²) in [6.07, 6.45) is 1.48. The molecule has 0 atom stereocenters. The number of hydrazone groups is 1. The Kier molecular flexibility index (Phi) is 8.34. The van der Waals surface area contributed by atoms with E-state index in [1.54, 1.807) is 18.2 Å². The topological polar surface area (TPSA) is 156 Å². The van der Waals surface area contributed by atoms with Crippen LogP contribution in [0.3, 0.4) is 0 Å². The number of nitrogens with zero attached hydrogens (tertiary/aromatic N) is 6. The molecule has 3 N–H and O–H groups in total. The molecular weight excluding hydrogens is 592 g/mol. The maximum absolute atomic E-state index is 13.4. The molecule has 0 saturated heterocycles. The molecule has 0 radical (unpaired) electrons. The van der Waals surface area contributed by atoms with Crippen molar-refractivity contribution in [3.8, 4) is 28.6 Å². The molecule has 5 aromatic rings. The molecule has 0 aliphatic rings. The fourth-order valence-electron chi connectivity index (χ4n) is 3.97. The Morgan fingerprint density at radius 1 is 1.12 bits per heavy atom. The fraction of sp³-hybridized carbons (Fsp3) is 0.143. The van der Waals surface area contributed by atoms with E-state index >= 15 is 0 Å². The van der Waals surface area contributed by atoms with E-state index in [2.05, 4.69) is 51.7 Å². The molecule has 2 aromatic heterocycles. The van der Waals surface area contributed by atoms with Crippen molar-refractivity contribution in [2.24, 2.45) is 5.10 Å². The van der Waals surface area contributed by atoms with Gasteiger partial charge in [0.1, 0.15) is 12.3 Å². The van der Waals surface area contributed by atoms with Crippen molar-refractivity contribution in [2.45, 2.75) is 20.5 Å². The van der Waals surface area contributed by atoms with Gasteiger partial charge in [0.05, 0.1) is 17.3 Å². The van der Waals surface area contributed by atoms with Gasteiger partial charge in [-0.3, -0.25) is 4.79 Å². The molecule has 0 bridgehead atoms. The molecule has 1 amide bonds. The maximum Gasteiger partial charge on any atom is 0.292 e. The standard InChI is InChI=1S/C28H25BrN8O4/c1-3-39-22-14-18(13-21(29)25(22)40-16-20-12-8-7-9-17(20)2)15-31-33-28(38)24-23(19-10-5-4-6-11-19)32-36-37(24)27-26(30)34-41-35-27/h4-15H,3,16H2,1-2H3,(H2,30,34)(H,33,38)/b31-15+. The normalized spacial score (nSPS) is 11.1. The summed E-state index contributed by atoms with van der Waals surface area (Å²) in [5.74, 6) is 0.476. The molecule has 0 aliphatic heterocycles. The van der Waals surface area contributed by atoms with Gasteiger partial charge >= 0.3 is 0 Å². The minimum Gasteiger partial charge on any atom is -0.490 e. The van der Waals surface area contributed by atoms with Gasteiger partial charge in [-0.1, -0.05) is 59.8 Å². The van der Waals surface area contributed by atoms with Gasteiger partial charge in [0.25, 0.3) is 5.91 Å². The van der Waals surface area contributed by atoms with E-state index in [0.717, 1.165) is 15.8 Å². The molecule has 0 unspecified atom stereocenters. The predicted molar refractivity (Wildman–Crippen MR) is 155 cm³/mol. The second kappa shape index (κ2) is 12.4. The number of hydrogen-bond donors (Lipinski definition) is 2. The molecule has 12 nitrogen and oxygen atoms in total. The van der Waals surface area contributed by atoms with Crippen molar-refractivity contribution in [3.63, 3.8) is 0 Å². The highest BCUT2D eigenvalue weighted by atomic mass is 79.9. The van der Waals surface area contributed by atoms with Crippen LogP contribution in [0.5, 0.6) is 11.5 Å². The van der Waals surface area contributed by atoms with Crippen LogP contribution in [0.25, 0.3) is 17.1 Å². The van der Waals surface area contributed by atoms with Crippen molar-refractivity contribution in [1.82, 2.24) is 30.7 Å². The first-order valence-electron chi connectivity index (χ1n) is 12.5. The molecule has 2 heterocycles. The van der Waals surface area contributed by atoms with Crippen LogP contribution in [0.4, 0.5) is 5.82 Å². The summed E-state index contributed by atoms with van der Waals surface area (Å²) in [4.78, 5) is 13.4. The number of nitrogens with one attached hydrogen (secondary N) is 1. The fourth-order valence-corrected chi connectivity index (χ4v) is 4.54. The summed E-state index contributed by atoms with van der Waals surface area (Å²) in [6.45, 7) is 4.74. The lowest BCUT2D eigenvalue weighted by molar-refractivity contribution is 0.0947. The lowest BCUT2D eigenvalue weighted by Crippen LogP contribution is -2.22. The lowest BCUT2D eigenvalue weighted by atomic mass is 10.1. The van der Waals surface area contributed by atoms with Crippen LogP contribution in [0.1, 0.15) is 34.1 Å². The van der Waals surface area contributed by atoms with E-state index in [0.29, 0.717) is 46.0 Å². The summed E-state index contributed by atoms with van der Waals surface area (Å²) < 4.78 is 18.5. The monoisotopic (exact) mass is 616 g/mol. The quantitative estimate of drug-likeness (QED) is 0.167. The van der Waals surface area contributed by atoms with Gasteiger partial charge in [0.2, 0.25) is 11.6 Å². The van der Waals surface area contributed by atoms with E-state index in [-0.39, 0.29) is 17.3 Å². The second-order valence-corrected chi connectivity index (χ2v) is 9.57. The zero-order valence-electron chi connectivity index (χ0n) is 22.1. The van der Waals surface area contributed by atoms with Crippen LogP contribution < -0.4 is 20.6 Å². The van der Waals surface area contributed by atoms with Crippen molar-refractivity contribution in [2.75, 3.05) is 12.3 Å². The third kappa shape index (κ3) is 6.09. The Bertz CT molecular complexity index is 1700. The van der Waals surface area contributed by atoms with Gasteiger partial charge in [-0.2, -0.15) is 9.78 Å². The molecule has 41 heavy (non-hydrogen) atoms. The molecule has 0 saturated carbocycles. The molecule has 0 fully saturated rings. The third-order valence-corrected chi connectivity index (χ3v) is 6.56. The first kappa shape index (κ1) is 27.5.